The van der Waals surface area contributed by atoms with E-state index in [2.05, 4.69) is 29.6 Å². The summed E-state index contributed by atoms with van der Waals surface area (Å²) in [4.78, 5) is 14.3. The number of urea groups is 1. The van der Waals surface area contributed by atoms with Crippen LogP contribution in [0.1, 0.15) is 30.0 Å². The lowest BCUT2D eigenvalue weighted by atomic mass is 9.87. The van der Waals surface area contributed by atoms with Crippen LogP contribution in [0.5, 0.6) is 0 Å². The Balaban J connectivity index is 1.76. The highest BCUT2D eigenvalue weighted by Crippen LogP contribution is 2.33. The number of nitrogens with one attached hydrogen (secondary N) is 1. The van der Waals surface area contributed by atoms with Crippen molar-refractivity contribution in [3.63, 3.8) is 0 Å². The quantitative estimate of drug-likeness (QED) is 0.877. The van der Waals surface area contributed by atoms with Crippen LogP contribution in [0.25, 0.3) is 0 Å². The third kappa shape index (κ3) is 2.92. The number of hydrogen-bond donors (Lipinski definition) is 1. The highest BCUT2D eigenvalue weighted by Gasteiger charge is 2.26. The summed E-state index contributed by atoms with van der Waals surface area (Å²) in [7, 11) is 1.88. The van der Waals surface area contributed by atoms with E-state index in [0.717, 1.165) is 24.9 Å². The molecule has 2 aromatic rings. The van der Waals surface area contributed by atoms with Crippen molar-refractivity contribution in [2.75, 3.05) is 12.4 Å². The van der Waals surface area contributed by atoms with Gasteiger partial charge in [-0.25, -0.2) is 4.79 Å². The molecule has 1 N–H and O–H groups in total. The van der Waals surface area contributed by atoms with Gasteiger partial charge in [0, 0.05) is 12.7 Å². The molecule has 21 heavy (non-hydrogen) atoms. The number of carbonyl (C=O) groups excluding carboxylic acids is 1. The average Bonchev–Trinajstić information content (AvgIpc) is 2.54. The average molecular weight is 280 g/mol. The summed E-state index contributed by atoms with van der Waals surface area (Å²) in [5.41, 5.74) is 3.49. The Morgan fingerprint density at radius 2 is 1.81 bits per heavy atom. The molecule has 3 rings (SSSR count). The number of benzene rings is 2. The van der Waals surface area contributed by atoms with Gasteiger partial charge in [0.2, 0.25) is 0 Å². The number of nitrogens with zero attached hydrogens (tertiary/aromatic N) is 1. The summed E-state index contributed by atoms with van der Waals surface area (Å²) >= 11 is 0. The minimum Gasteiger partial charge on any atom is -0.321 e. The maximum atomic E-state index is 12.4. The molecule has 0 saturated carbocycles. The molecule has 1 aliphatic rings. The first-order valence-corrected chi connectivity index (χ1v) is 7.42. The molecular weight excluding hydrogens is 260 g/mol. The molecule has 0 saturated heterocycles. The van der Waals surface area contributed by atoms with Crippen molar-refractivity contribution in [1.82, 2.24) is 4.90 Å². The molecule has 0 aliphatic heterocycles. The Labute approximate surface area is 125 Å². The molecule has 108 valence electrons. The van der Waals surface area contributed by atoms with Gasteiger partial charge in [0.1, 0.15) is 0 Å². The first-order chi connectivity index (χ1) is 10.3. The van der Waals surface area contributed by atoms with E-state index in [1.807, 2.05) is 42.3 Å². The zero-order valence-electron chi connectivity index (χ0n) is 12.3. The predicted octanol–water partition coefficient (Wildman–Crippen LogP) is 4.23. The van der Waals surface area contributed by atoms with Crippen molar-refractivity contribution < 1.29 is 4.79 Å². The fourth-order valence-corrected chi connectivity index (χ4v) is 3.01. The number of rotatable bonds is 2. The summed E-state index contributed by atoms with van der Waals surface area (Å²) in [6.07, 6.45) is 3.27. The van der Waals surface area contributed by atoms with Crippen LogP contribution in [-0.4, -0.2) is 18.0 Å². The number of anilines is 1. The molecule has 1 aliphatic carbocycles. The van der Waals surface area contributed by atoms with E-state index >= 15 is 0 Å². The van der Waals surface area contributed by atoms with Crippen LogP contribution in [0.3, 0.4) is 0 Å². The molecule has 3 nitrogen and oxygen atoms in total. The van der Waals surface area contributed by atoms with Crippen molar-refractivity contribution in [1.29, 1.82) is 0 Å². The van der Waals surface area contributed by atoms with E-state index in [1.54, 1.807) is 0 Å². The summed E-state index contributed by atoms with van der Waals surface area (Å²) < 4.78 is 0. The Bertz CT molecular complexity index is 624. The summed E-state index contributed by atoms with van der Waals surface area (Å²) in [6.45, 7) is 0. The van der Waals surface area contributed by atoms with Crippen LogP contribution >= 0.6 is 0 Å². The molecule has 0 unspecified atom stereocenters. The van der Waals surface area contributed by atoms with Gasteiger partial charge in [-0.05, 0) is 42.5 Å². The van der Waals surface area contributed by atoms with Gasteiger partial charge < -0.3 is 10.2 Å². The lowest BCUT2D eigenvalue weighted by molar-refractivity contribution is 0.197. The standard InChI is InChI=1S/C18H20N2O/c1-20(18(21)19-15-10-3-2-4-11-15)17-13-7-9-14-8-5-6-12-16(14)17/h2-6,8,10-12,17H,7,9,13H2,1H3,(H,19,21)/t17-/m0/s1. The van der Waals surface area contributed by atoms with Gasteiger partial charge in [-0.15, -0.1) is 0 Å². The molecule has 0 fully saturated rings. The van der Waals surface area contributed by atoms with Crippen molar-refractivity contribution >= 4 is 11.7 Å². The molecule has 0 spiro atoms. The Kier molecular flexibility index (Phi) is 3.91. The Morgan fingerprint density at radius 1 is 1.10 bits per heavy atom. The molecule has 0 radical (unpaired) electrons. The SMILES string of the molecule is CN(C(=O)Nc1ccccc1)[C@H]1CCCc2ccccc21. The van der Waals surface area contributed by atoms with Gasteiger partial charge in [0.15, 0.2) is 0 Å². The molecule has 1 atom stereocenters. The number of fused-ring (bicyclic) bond motifs is 1. The second-order valence-corrected chi connectivity index (χ2v) is 5.51. The normalized spacial score (nSPS) is 16.9. The van der Waals surface area contributed by atoms with Crippen LogP contribution in [0, 0.1) is 0 Å². The van der Waals surface area contributed by atoms with Crippen LogP contribution < -0.4 is 5.32 Å². The van der Waals surface area contributed by atoms with Crippen molar-refractivity contribution in [2.24, 2.45) is 0 Å². The van der Waals surface area contributed by atoms with Gasteiger partial charge in [0.05, 0.1) is 6.04 Å². The maximum Gasteiger partial charge on any atom is 0.322 e. The number of aryl methyl sites for hydroxylation is 1. The van der Waals surface area contributed by atoms with E-state index < -0.39 is 0 Å². The van der Waals surface area contributed by atoms with Crippen LogP contribution in [0.15, 0.2) is 54.6 Å². The summed E-state index contributed by atoms with van der Waals surface area (Å²) in [5, 5.41) is 2.96. The molecule has 3 heteroatoms. The van der Waals surface area contributed by atoms with E-state index in [1.165, 1.54) is 11.1 Å². The minimum absolute atomic E-state index is 0.0529. The predicted molar refractivity (Wildman–Crippen MR) is 85.3 cm³/mol. The topological polar surface area (TPSA) is 32.3 Å². The highest BCUT2D eigenvalue weighted by molar-refractivity contribution is 5.89. The Morgan fingerprint density at radius 3 is 2.62 bits per heavy atom. The molecule has 0 bridgehead atoms. The first kappa shape index (κ1) is 13.7. The van der Waals surface area contributed by atoms with Crippen molar-refractivity contribution in [3.8, 4) is 0 Å². The van der Waals surface area contributed by atoms with Gasteiger partial charge in [0.25, 0.3) is 0 Å². The molecule has 0 aromatic heterocycles. The van der Waals surface area contributed by atoms with E-state index in [0.29, 0.717) is 0 Å². The number of para-hydroxylation sites is 1. The number of hydrogen-bond acceptors (Lipinski definition) is 1. The lowest BCUT2D eigenvalue weighted by Crippen LogP contribution is -2.36. The van der Waals surface area contributed by atoms with Crippen LogP contribution in [0.2, 0.25) is 0 Å². The third-order valence-electron chi connectivity index (χ3n) is 4.15. The van der Waals surface area contributed by atoms with Crippen molar-refractivity contribution in [3.05, 3.63) is 65.7 Å². The van der Waals surface area contributed by atoms with Gasteiger partial charge >= 0.3 is 6.03 Å². The molecular formula is C18H20N2O. The van der Waals surface area contributed by atoms with Gasteiger partial charge in [-0.3, -0.25) is 0 Å². The zero-order valence-corrected chi connectivity index (χ0v) is 12.3. The highest BCUT2D eigenvalue weighted by atomic mass is 16.2. The second kappa shape index (κ2) is 6.00. The minimum atomic E-state index is -0.0529. The van der Waals surface area contributed by atoms with Crippen LogP contribution in [-0.2, 0) is 6.42 Å². The maximum absolute atomic E-state index is 12.4. The van der Waals surface area contributed by atoms with Crippen molar-refractivity contribution in [2.45, 2.75) is 25.3 Å². The summed E-state index contributed by atoms with van der Waals surface area (Å²) in [6, 6.07) is 18.2. The fourth-order valence-electron chi connectivity index (χ4n) is 3.01. The lowest BCUT2D eigenvalue weighted by Gasteiger charge is -2.33. The van der Waals surface area contributed by atoms with E-state index in [4.69, 9.17) is 0 Å². The first-order valence-electron chi connectivity index (χ1n) is 7.42. The molecule has 0 heterocycles. The zero-order chi connectivity index (χ0) is 14.7. The van der Waals surface area contributed by atoms with Crippen LogP contribution in [0.4, 0.5) is 10.5 Å². The largest absolute Gasteiger partial charge is 0.322 e. The third-order valence-corrected chi connectivity index (χ3v) is 4.15. The second-order valence-electron chi connectivity index (χ2n) is 5.51. The monoisotopic (exact) mass is 280 g/mol. The Hall–Kier alpha value is -2.29. The number of carbonyl (C=O) groups is 1. The number of amides is 2. The fraction of sp³-hybridized carbons (Fsp3) is 0.278. The van der Waals surface area contributed by atoms with Gasteiger partial charge in [-0.1, -0.05) is 42.5 Å². The summed E-state index contributed by atoms with van der Waals surface area (Å²) in [5.74, 6) is 0. The molecule has 2 amide bonds. The van der Waals surface area contributed by atoms with Gasteiger partial charge in [-0.2, -0.15) is 0 Å². The molecule has 2 aromatic carbocycles. The smallest absolute Gasteiger partial charge is 0.321 e. The van der Waals surface area contributed by atoms with E-state index in [-0.39, 0.29) is 12.1 Å². The van der Waals surface area contributed by atoms with E-state index in [9.17, 15) is 4.79 Å².